The molecule has 1 saturated heterocycles. The molecule has 1 aromatic carbocycles. The molecule has 0 radical (unpaired) electrons. The lowest BCUT2D eigenvalue weighted by atomic mass is 9.93. The Morgan fingerprint density at radius 2 is 2.00 bits per heavy atom. The third kappa shape index (κ3) is 6.26. The number of nitrogens with zero attached hydrogens (tertiary/aromatic N) is 1. The third-order valence-corrected chi connectivity index (χ3v) is 6.20. The summed E-state index contributed by atoms with van der Waals surface area (Å²) in [5.74, 6) is 0.665. The van der Waals surface area contributed by atoms with Crippen LogP contribution in [0.3, 0.4) is 0 Å². The number of piperidine rings is 1. The molecule has 25 heavy (non-hydrogen) atoms. The fraction of sp³-hybridized carbons (Fsp3) is 0.588. The Bertz CT molecular complexity index is 673. The van der Waals surface area contributed by atoms with E-state index in [0.29, 0.717) is 10.9 Å². The zero-order valence-electron chi connectivity index (χ0n) is 14.5. The number of benzene rings is 1. The number of carbonyl (C=O) groups excluding carboxylic acids is 1. The van der Waals surface area contributed by atoms with Crippen LogP contribution in [0.4, 0.5) is 0 Å². The number of halogens is 1. The fourth-order valence-corrected chi connectivity index (χ4v) is 4.32. The van der Waals surface area contributed by atoms with Gasteiger partial charge in [0.2, 0.25) is 15.9 Å². The van der Waals surface area contributed by atoms with E-state index >= 15 is 0 Å². The highest BCUT2D eigenvalue weighted by Gasteiger charge is 2.22. The molecule has 8 heteroatoms. The monoisotopic (exact) mass is 387 g/mol. The molecule has 1 fully saturated rings. The van der Waals surface area contributed by atoms with Crippen LogP contribution in [0.2, 0.25) is 5.02 Å². The number of hydrogen-bond acceptors (Lipinski definition) is 4. The highest BCUT2D eigenvalue weighted by Crippen LogP contribution is 2.20. The van der Waals surface area contributed by atoms with E-state index in [2.05, 4.69) is 10.0 Å². The van der Waals surface area contributed by atoms with Gasteiger partial charge in [-0.3, -0.25) is 4.79 Å². The van der Waals surface area contributed by atoms with Crippen LogP contribution >= 0.6 is 11.6 Å². The van der Waals surface area contributed by atoms with E-state index in [0.717, 1.165) is 38.9 Å². The van der Waals surface area contributed by atoms with E-state index in [1.54, 1.807) is 12.1 Å². The highest BCUT2D eigenvalue weighted by molar-refractivity contribution is 7.89. The summed E-state index contributed by atoms with van der Waals surface area (Å²) in [7, 11) is -1.69. The van der Waals surface area contributed by atoms with Gasteiger partial charge in [-0.1, -0.05) is 17.7 Å². The van der Waals surface area contributed by atoms with E-state index < -0.39 is 10.0 Å². The maximum atomic E-state index is 12.3. The van der Waals surface area contributed by atoms with Crippen molar-refractivity contribution in [2.45, 2.75) is 30.6 Å². The molecule has 140 valence electrons. The molecule has 1 aromatic rings. The smallest absolute Gasteiger partial charge is 0.240 e. The molecule has 1 aliphatic rings. The second kappa shape index (κ2) is 9.52. The largest absolute Gasteiger partial charge is 0.343 e. The normalized spacial score (nSPS) is 16.2. The molecule has 0 atom stereocenters. The lowest BCUT2D eigenvalue weighted by Gasteiger charge is -2.32. The van der Waals surface area contributed by atoms with Gasteiger partial charge in [-0.25, -0.2) is 13.1 Å². The molecule has 1 heterocycles. The van der Waals surface area contributed by atoms with Crippen LogP contribution in [0.1, 0.15) is 25.7 Å². The molecule has 2 N–H and O–H groups in total. The molecule has 1 aliphatic heterocycles. The molecule has 0 aromatic heterocycles. The topological polar surface area (TPSA) is 78.5 Å². The first-order chi connectivity index (χ1) is 11.9. The van der Waals surface area contributed by atoms with Gasteiger partial charge in [0, 0.05) is 31.1 Å². The van der Waals surface area contributed by atoms with E-state index in [1.165, 1.54) is 12.1 Å². The minimum Gasteiger partial charge on any atom is -0.343 e. The SMILES string of the molecule is CNCCC1CCN(C(=O)CCNS(=O)(=O)c2cccc(Cl)c2)CC1. The van der Waals surface area contributed by atoms with Gasteiger partial charge >= 0.3 is 0 Å². The van der Waals surface area contributed by atoms with Crippen molar-refractivity contribution in [2.24, 2.45) is 5.92 Å². The van der Waals surface area contributed by atoms with Crippen LogP contribution < -0.4 is 10.0 Å². The number of amides is 1. The van der Waals surface area contributed by atoms with Crippen molar-refractivity contribution in [3.8, 4) is 0 Å². The van der Waals surface area contributed by atoms with Crippen molar-refractivity contribution in [2.75, 3.05) is 33.2 Å². The van der Waals surface area contributed by atoms with Crippen molar-refractivity contribution in [3.05, 3.63) is 29.3 Å². The summed E-state index contributed by atoms with van der Waals surface area (Å²) in [6.45, 7) is 2.61. The van der Waals surface area contributed by atoms with Gasteiger partial charge in [0.05, 0.1) is 4.90 Å². The van der Waals surface area contributed by atoms with Gasteiger partial charge in [-0.2, -0.15) is 0 Å². The molecule has 0 unspecified atom stereocenters. The van der Waals surface area contributed by atoms with Gasteiger partial charge in [0.1, 0.15) is 0 Å². The zero-order chi connectivity index (χ0) is 18.3. The first-order valence-electron chi connectivity index (χ1n) is 8.60. The molecule has 0 aliphatic carbocycles. The number of nitrogens with one attached hydrogen (secondary N) is 2. The second-order valence-electron chi connectivity index (χ2n) is 6.32. The van der Waals surface area contributed by atoms with Gasteiger partial charge in [0.15, 0.2) is 0 Å². The van der Waals surface area contributed by atoms with Crippen LogP contribution in [0.15, 0.2) is 29.2 Å². The average molecular weight is 388 g/mol. The molecule has 0 bridgehead atoms. The number of sulfonamides is 1. The Morgan fingerprint density at radius 3 is 2.64 bits per heavy atom. The molecular formula is C17H26ClN3O3S. The predicted molar refractivity (Wildman–Crippen MR) is 99.1 cm³/mol. The zero-order valence-corrected chi connectivity index (χ0v) is 16.1. The quantitative estimate of drug-likeness (QED) is 0.713. The van der Waals surface area contributed by atoms with E-state index in [1.807, 2.05) is 11.9 Å². The van der Waals surface area contributed by atoms with Gasteiger partial charge in [0.25, 0.3) is 0 Å². The molecule has 6 nitrogen and oxygen atoms in total. The summed E-state index contributed by atoms with van der Waals surface area (Å²) >= 11 is 5.82. The first-order valence-corrected chi connectivity index (χ1v) is 10.5. The van der Waals surface area contributed by atoms with Crippen LogP contribution in [0.5, 0.6) is 0 Å². The average Bonchev–Trinajstić information content (AvgIpc) is 2.60. The van der Waals surface area contributed by atoms with Crippen molar-refractivity contribution in [1.82, 2.24) is 14.9 Å². The van der Waals surface area contributed by atoms with E-state index in [4.69, 9.17) is 11.6 Å². The summed E-state index contributed by atoms with van der Waals surface area (Å²) in [4.78, 5) is 14.2. The van der Waals surface area contributed by atoms with Crippen LogP contribution in [0, 0.1) is 5.92 Å². The number of likely N-dealkylation sites (tertiary alicyclic amines) is 1. The Kier molecular flexibility index (Phi) is 7.68. The van der Waals surface area contributed by atoms with Gasteiger partial charge in [-0.05, 0) is 57.0 Å². The van der Waals surface area contributed by atoms with Crippen molar-refractivity contribution >= 4 is 27.5 Å². The van der Waals surface area contributed by atoms with E-state index in [-0.39, 0.29) is 23.8 Å². The van der Waals surface area contributed by atoms with Crippen LogP contribution in [-0.4, -0.2) is 52.5 Å². The van der Waals surface area contributed by atoms with Crippen molar-refractivity contribution < 1.29 is 13.2 Å². The van der Waals surface area contributed by atoms with Gasteiger partial charge in [-0.15, -0.1) is 0 Å². The summed E-state index contributed by atoms with van der Waals surface area (Å²) in [5.41, 5.74) is 0. The molecule has 1 amide bonds. The summed E-state index contributed by atoms with van der Waals surface area (Å²) in [6, 6.07) is 6.07. The first kappa shape index (κ1) is 20.2. The molecular weight excluding hydrogens is 362 g/mol. The summed E-state index contributed by atoms with van der Waals surface area (Å²) in [5, 5.41) is 3.52. The predicted octanol–water partition coefficient (Wildman–Crippen LogP) is 1.86. The molecule has 0 saturated carbocycles. The standard InChI is InChI=1S/C17H26ClN3O3S/c1-19-9-5-14-7-11-21(12-8-14)17(22)6-10-20-25(23,24)16-4-2-3-15(18)13-16/h2-4,13-14,19-20H,5-12H2,1H3. The number of rotatable bonds is 8. The number of carbonyl (C=O) groups is 1. The van der Waals surface area contributed by atoms with Crippen LogP contribution in [0.25, 0.3) is 0 Å². The van der Waals surface area contributed by atoms with E-state index in [9.17, 15) is 13.2 Å². The lowest BCUT2D eigenvalue weighted by molar-refractivity contribution is -0.132. The van der Waals surface area contributed by atoms with Crippen molar-refractivity contribution in [1.29, 1.82) is 0 Å². The Labute approximate surface area is 155 Å². The Balaban J connectivity index is 1.75. The molecule has 0 spiro atoms. The third-order valence-electron chi connectivity index (χ3n) is 4.51. The highest BCUT2D eigenvalue weighted by atomic mass is 35.5. The van der Waals surface area contributed by atoms with Crippen LogP contribution in [-0.2, 0) is 14.8 Å². The maximum Gasteiger partial charge on any atom is 0.240 e. The second-order valence-corrected chi connectivity index (χ2v) is 8.52. The minimum absolute atomic E-state index is 0.000797. The lowest BCUT2D eigenvalue weighted by Crippen LogP contribution is -2.40. The Hall–Kier alpha value is -1.15. The minimum atomic E-state index is -3.64. The van der Waals surface area contributed by atoms with Gasteiger partial charge < -0.3 is 10.2 Å². The summed E-state index contributed by atoms with van der Waals surface area (Å²) < 4.78 is 26.8. The fourth-order valence-electron chi connectivity index (χ4n) is 2.99. The maximum absolute atomic E-state index is 12.3. The summed E-state index contributed by atoms with van der Waals surface area (Å²) in [6.07, 6.45) is 3.34. The Morgan fingerprint density at radius 1 is 1.28 bits per heavy atom. The van der Waals surface area contributed by atoms with Crippen molar-refractivity contribution in [3.63, 3.8) is 0 Å². The molecule has 2 rings (SSSR count). The number of hydrogen-bond donors (Lipinski definition) is 2.